The minimum atomic E-state index is 0.261. The zero-order chi connectivity index (χ0) is 9.26. The van der Waals surface area contributed by atoms with Gasteiger partial charge in [0.15, 0.2) is 0 Å². The quantitative estimate of drug-likeness (QED) is 0.722. The van der Waals surface area contributed by atoms with E-state index >= 15 is 0 Å². The first-order valence-corrected chi connectivity index (χ1v) is 5.15. The van der Waals surface area contributed by atoms with Crippen LogP contribution in [0.3, 0.4) is 0 Å². The average Bonchev–Trinajstić information content (AvgIpc) is 2.71. The van der Waals surface area contributed by atoms with Crippen molar-refractivity contribution in [2.75, 3.05) is 0 Å². The fourth-order valence-electron chi connectivity index (χ4n) is 1.00. The summed E-state index contributed by atoms with van der Waals surface area (Å²) in [4.78, 5) is 5.17. The van der Waals surface area contributed by atoms with E-state index in [0.29, 0.717) is 11.7 Å². The second-order valence-corrected chi connectivity index (χ2v) is 3.76. The third-order valence-electron chi connectivity index (χ3n) is 1.65. The van der Waals surface area contributed by atoms with Crippen LogP contribution >= 0.6 is 22.9 Å². The number of aryl methyl sites for hydroxylation is 1. The fraction of sp³-hybridized carbons (Fsp3) is 0.250. The molecule has 2 aromatic rings. The number of thiophene rings is 1. The summed E-state index contributed by atoms with van der Waals surface area (Å²) < 4.78 is 4.91. The maximum atomic E-state index is 5.55. The second-order valence-electron chi connectivity index (χ2n) is 2.58. The summed E-state index contributed by atoms with van der Waals surface area (Å²) in [5, 5.41) is 5.83. The van der Waals surface area contributed by atoms with Crippen molar-refractivity contribution in [3.63, 3.8) is 0 Å². The lowest BCUT2D eigenvalue weighted by atomic mass is 10.3. The van der Waals surface area contributed by atoms with Crippen LogP contribution in [0.25, 0.3) is 10.7 Å². The SMILES string of the molecule is Cc1ccsc1-c1noc(CCl)n1. The van der Waals surface area contributed by atoms with Crippen molar-refractivity contribution in [1.29, 1.82) is 0 Å². The minimum Gasteiger partial charge on any atom is -0.338 e. The van der Waals surface area contributed by atoms with Crippen LogP contribution in [-0.4, -0.2) is 10.1 Å². The lowest BCUT2D eigenvalue weighted by Gasteiger charge is -1.88. The summed E-state index contributed by atoms with van der Waals surface area (Å²) in [6, 6.07) is 2.02. The number of halogens is 1. The van der Waals surface area contributed by atoms with Crippen LogP contribution in [0.4, 0.5) is 0 Å². The standard InChI is InChI=1S/C8H7ClN2OS/c1-5-2-3-13-7(5)8-10-6(4-9)12-11-8/h2-3H,4H2,1H3. The Bertz CT molecular complexity index is 410. The number of rotatable bonds is 2. The molecule has 0 bridgehead atoms. The molecule has 5 heteroatoms. The minimum absolute atomic E-state index is 0.261. The Morgan fingerprint density at radius 2 is 2.46 bits per heavy atom. The van der Waals surface area contributed by atoms with Crippen molar-refractivity contribution in [3.05, 3.63) is 22.9 Å². The molecule has 2 aromatic heterocycles. The van der Waals surface area contributed by atoms with Crippen LogP contribution in [0.15, 0.2) is 16.0 Å². The lowest BCUT2D eigenvalue weighted by molar-refractivity contribution is 0.391. The highest BCUT2D eigenvalue weighted by Gasteiger charge is 2.10. The van der Waals surface area contributed by atoms with Gasteiger partial charge in [0.1, 0.15) is 5.88 Å². The molecule has 13 heavy (non-hydrogen) atoms. The van der Waals surface area contributed by atoms with E-state index in [1.165, 1.54) is 0 Å². The third-order valence-corrected chi connectivity index (χ3v) is 2.89. The van der Waals surface area contributed by atoms with Crippen LogP contribution in [0.2, 0.25) is 0 Å². The molecule has 0 aliphatic rings. The monoisotopic (exact) mass is 214 g/mol. The van der Waals surface area contributed by atoms with Crippen LogP contribution in [0, 0.1) is 6.92 Å². The van der Waals surface area contributed by atoms with Crippen molar-refractivity contribution in [1.82, 2.24) is 10.1 Å². The average molecular weight is 215 g/mol. The van der Waals surface area contributed by atoms with E-state index in [1.807, 2.05) is 18.4 Å². The summed E-state index contributed by atoms with van der Waals surface area (Å²) in [5.41, 5.74) is 1.16. The van der Waals surface area contributed by atoms with Gasteiger partial charge in [-0.25, -0.2) is 0 Å². The van der Waals surface area contributed by atoms with E-state index in [4.69, 9.17) is 16.1 Å². The molecule has 0 unspecified atom stereocenters. The molecule has 0 aliphatic heterocycles. The Kier molecular flexibility index (Phi) is 2.33. The molecule has 0 saturated carbocycles. The molecule has 0 N–H and O–H groups in total. The molecule has 2 rings (SSSR count). The molecule has 0 atom stereocenters. The highest BCUT2D eigenvalue weighted by atomic mass is 35.5. The van der Waals surface area contributed by atoms with Crippen LogP contribution < -0.4 is 0 Å². The number of hydrogen-bond acceptors (Lipinski definition) is 4. The van der Waals surface area contributed by atoms with Gasteiger partial charge in [0.05, 0.1) is 4.88 Å². The number of hydrogen-bond donors (Lipinski definition) is 0. The van der Waals surface area contributed by atoms with Crippen molar-refractivity contribution >= 4 is 22.9 Å². The van der Waals surface area contributed by atoms with Gasteiger partial charge in [-0.05, 0) is 23.9 Å². The fourth-order valence-corrected chi connectivity index (χ4v) is 1.96. The maximum absolute atomic E-state index is 5.55. The smallest absolute Gasteiger partial charge is 0.241 e. The van der Waals surface area contributed by atoms with E-state index in [9.17, 15) is 0 Å². The maximum Gasteiger partial charge on any atom is 0.241 e. The zero-order valence-corrected chi connectivity index (χ0v) is 8.52. The topological polar surface area (TPSA) is 38.9 Å². The highest BCUT2D eigenvalue weighted by Crippen LogP contribution is 2.26. The van der Waals surface area contributed by atoms with Crippen molar-refractivity contribution in [2.24, 2.45) is 0 Å². The Balaban J connectivity index is 2.41. The van der Waals surface area contributed by atoms with Crippen LogP contribution in [0.5, 0.6) is 0 Å². The Morgan fingerprint density at radius 1 is 1.62 bits per heavy atom. The van der Waals surface area contributed by atoms with Crippen LogP contribution in [0.1, 0.15) is 11.5 Å². The molecule has 0 amide bonds. The van der Waals surface area contributed by atoms with Gasteiger partial charge in [0.2, 0.25) is 11.7 Å². The Hall–Kier alpha value is -0.870. The predicted molar refractivity (Wildman–Crippen MR) is 51.9 cm³/mol. The molecule has 0 fully saturated rings. The summed E-state index contributed by atoms with van der Waals surface area (Å²) in [6.07, 6.45) is 0. The molecule has 2 heterocycles. The van der Waals surface area contributed by atoms with Crippen molar-refractivity contribution in [3.8, 4) is 10.7 Å². The van der Waals surface area contributed by atoms with E-state index in [2.05, 4.69) is 10.1 Å². The molecule has 3 nitrogen and oxygen atoms in total. The number of aromatic nitrogens is 2. The summed E-state index contributed by atoms with van der Waals surface area (Å²) in [5.74, 6) is 1.35. The van der Waals surface area contributed by atoms with Crippen molar-refractivity contribution < 1.29 is 4.52 Å². The summed E-state index contributed by atoms with van der Waals surface area (Å²) >= 11 is 7.15. The van der Waals surface area contributed by atoms with Crippen molar-refractivity contribution in [2.45, 2.75) is 12.8 Å². The first-order chi connectivity index (χ1) is 6.31. The first kappa shape index (κ1) is 8.72. The van der Waals surface area contributed by atoms with Gasteiger partial charge in [-0.3, -0.25) is 0 Å². The van der Waals surface area contributed by atoms with Gasteiger partial charge in [0, 0.05) is 0 Å². The predicted octanol–water partition coefficient (Wildman–Crippen LogP) is 2.85. The molecular formula is C8H7ClN2OS. The second kappa shape index (κ2) is 3.47. The largest absolute Gasteiger partial charge is 0.338 e. The molecular weight excluding hydrogens is 208 g/mol. The summed E-state index contributed by atoms with van der Waals surface area (Å²) in [6.45, 7) is 2.02. The molecule has 0 aliphatic carbocycles. The zero-order valence-electron chi connectivity index (χ0n) is 6.95. The van der Waals surface area contributed by atoms with E-state index in [1.54, 1.807) is 11.3 Å². The number of nitrogens with zero attached hydrogens (tertiary/aromatic N) is 2. The van der Waals surface area contributed by atoms with E-state index in [-0.39, 0.29) is 5.88 Å². The third kappa shape index (κ3) is 1.59. The molecule has 68 valence electrons. The molecule has 0 spiro atoms. The first-order valence-electron chi connectivity index (χ1n) is 3.74. The summed E-state index contributed by atoms with van der Waals surface area (Å²) in [7, 11) is 0. The Labute approximate surface area is 84.3 Å². The van der Waals surface area contributed by atoms with Gasteiger partial charge in [0.25, 0.3) is 0 Å². The molecule has 0 radical (unpaired) electrons. The molecule has 0 aromatic carbocycles. The van der Waals surface area contributed by atoms with Gasteiger partial charge >= 0.3 is 0 Å². The lowest BCUT2D eigenvalue weighted by Crippen LogP contribution is -1.79. The highest BCUT2D eigenvalue weighted by molar-refractivity contribution is 7.13. The van der Waals surface area contributed by atoms with Crippen LogP contribution in [-0.2, 0) is 5.88 Å². The van der Waals surface area contributed by atoms with E-state index < -0.39 is 0 Å². The van der Waals surface area contributed by atoms with Gasteiger partial charge in [-0.1, -0.05) is 5.16 Å². The Morgan fingerprint density at radius 3 is 3.00 bits per heavy atom. The van der Waals surface area contributed by atoms with E-state index in [0.717, 1.165) is 10.4 Å². The number of alkyl halides is 1. The van der Waals surface area contributed by atoms with Gasteiger partial charge in [-0.15, -0.1) is 22.9 Å². The van der Waals surface area contributed by atoms with Gasteiger partial charge < -0.3 is 4.52 Å². The normalized spacial score (nSPS) is 10.6. The molecule has 0 saturated heterocycles. The van der Waals surface area contributed by atoms with Gasteiger partial charge in [-0.2, -0.15) is 4.98 Å².